The van der Waals surface area contributed by atoms with Gasteiger partial charge in [-0.3, -0.25) is 4.79 Å². The van der Waals surface area contributed by atoms with Crippen LogP contribution < -0.4 is 5.73 Å². The molecule has 3 heteroatoms. The van der Waals surface area contributed by atoms with Crippen molar-refractivity contribution in [3.8, 4) is 11.1 Å². The summed E-state index contributed by atoms with van der Waals surface area (Å²) in [6.45, 7) is 2.16. The molecule has 1 unspecified atom stereocenters. The molecule has 1 amide bonds. The van der Waals surface area contributed by atoms with Gasteiger partial charge in [0.2, 0.25) is 0 Å². The van der Waals surface area contributed by atoms with E-state index in [0.717, 1.165) is 27.6 Å². The number of pyridine rings is 1. The van der Waals surface area contributed by atoms with Crippen molar-refractivity contribution < 1.29 is 4.79 Å². The maximum absolute atomic E-state index is 12.3. The standard InChI is InChI=1S/C24H20N2O/c1-16(17-10-4-2-5-11-17)21-19-14-8-9-15-20(19)26-23(24(25)27)22(21)18-12-6-3-7-13-18/h2-16H,1H3,(H2,25,27). The van der Waals surface area contributed by atoms with Crippen molar-refractivity contribution in [1.82, 2.24) is 4.98 Å². The highest BCUT2D eigenvalue weighted by atomic mass is 16.1. The number of carbonyl (C=O) groups excluding carboxylic acids is 1. The third kappa shape index (κ3) is 3.08. The maximum atomic E-state index is 12.3. The number of carbonyl (C=O) groups is 1. The van der Waals surface area contributed by atoms with E-state index in [0.29, 0.717) is 5.69 Å². The molecule has 0 saturated carbocycles. The van der Waals surface area contributed by atoms with Gasteiger partial charge in [-0.25, -0.2) is 4.98 Å². The summed E-state index contributed by atoms with van der Waals surface area (Å²) in [5.74, 6) is -0.437. The molecule has 132 valence electrons. The van der Waals surface area contributed by atoms with Gasteiger partial charge in [-0.05, 0) is 22.8 Å². The molecule has 1 atom stereocenters. The van der Waals surface area contributed by atoms with Crippen molar-refractivity contribution in [3.63, 3.8) is 0 Å². The molecular weight excluding hydrogens is 332 g/mol. The van der Waals surface area contributed by atoms with Crippen LogP contribution in [0.15, 0.2) is 84.9 Å². The number of benzene rings is 3. The number of hydrogen-bond donors (Lipinski definition) is 1. The first-order chi connectivity index (χ1) is 13.2. The molecule has 3 aromatic carbocycles. The van der Waals surface area contributed by atoms with E-state index >= 15 is 0 Å². The van der Waals surface area contributed by atoms with Gasteiger partial charge < -0.3 is 5.73 Å². The van der Waals surface area contributed by atoms with Gasteiger partial charge in [0.15, 0.2) is 0 Å². The van der Waals surface area contributed by atoms with E-state index in [4.69, 9.17) is 5.73 Å². The molecule has 0 aliphatic carbocycles. The lowest BCUT2D eigenvalue weighted by Crippen LogP contribution is -2.17. The maximum Gasteiger partial charge on any atom is 0.267 e. The first kappa shape index (κ1) is 17.0. The lowest BCUT2D eigenvalue weighted by Gasteiger charge is -2.21. The number of nitrogens with two attached hydrogens (primary N) is 1. The normalized spacial score (nSPS) is 12.0. The van der Waals surface area contributed by atoms with Crippen LogP contribution in [-0.2, 0) is 0 Å². The van der Waals surface area contributed by atoms with E-state index in [1.54, 1.807) is 0 Å². The smallest absolute Gasteiger partial charge is 0.267 e. The molecule has 3 nitrogen and oxygen atoms in total. The minimum absolute atomic E-state index is 0.0763. The van der Waals surface area contributed by atoms with Crippen molar-refractivity contribution in [3.05, 3.63) is 102 Å². The quantitative estimate of drug-likeness (QED) is 0.552. The Balaban J connectivity index is 2.12. The highest BCUT2D eigenvalue weighted by molar-refractivity contribution is 6.04. The number of para-hydroxylation sites is 1. The average Bonchev–Trinajstić information content (AvgIpc) is 2.73. The number of fused-ring (bicyclic) bond motifs is 1. The molecule has 2 N–H and O–H groups in total. The Morgan fingerprint density at radius 1 is 0.852 bits per heavy atom. The fourth-order valence-electron chi connectivity index (χ4n) is 3.67. The molecule has 0 fully saturated rings. The van der Waals surface area contributed by atoms with Crippen molar-refractivity contribution >= 4 is 16.8 Å². The third-order valence-corrected chi connectivity index (χ3v) is 4.96. The van der Waals surface area contributed by atoms with Gasteiger partial charge in [-0.1, -0.05) is 85.8 Å². The van der Waals surface area contributed by atoms with Crippen LogP contribution in [0.1, 0.15) is 34.5 Å². The summed E-state index contributed by atoms with van der Waals surface area (Å²) in [6, 6.07) is 28.1. The third-order valence-electron chi connectivity index (χ3n) is 4.96. The van der Waals surface area contributed by atoms with Crippen molar-refractivity contribution in [2.24, 2.45) is 5.73 Å². The molecule has 0 radical (unpaired) electrons. The molecule has 1 heterocycles. The van der Waals surface area contributed by atoms with Crippen molar-refractivity contribution in [2.45, 2.75) is 12.8 Å². The first-order valence-electron chi connectivity index (χ1n) is 8.99. The van der Waals surface area contributed by atoms with Crippen LogP contribution in [0.4, 0.5) is 0 Å². The lowest BCUT2D eigenvalue weighted by molar-refractivity contribution is 0.0996. The topological polar surface area (TPSA) is 56.0 Å². The summed E-state index contributed by atoms with van der Waals surface area (Å²) < 4.78 is 0. The Kier molecular flexibility index (Phi) is 4.43. The van der Waals surface area contributed by atoms with E-state index in [2.05, 4.69) is 30.1 Å². The van der Waals surface area contributed by atoms with Crippen LogP contribution in [0.2, 0.25) is 0 Å². The monoisotopic (exact) mass is 352 g/mol. The molecule has 0 aliphatic heterocycles. The van der Waals surface area contributed by atoms with Gasteiger partial charge in [0.1, 0.15) is 5.69 Å². The Morgan fingerprint density at radius 3 is 2.11 bits per heavy atom. The molecule has 0 aliphatic rings. The molecule has 4 rings (SSSR count). The molecule has 0 bridgehead atoms. The minimum Gasteiger partial charge on any atom is -0.364 e. The summed E-state index contributed by atoms with van der Waals surface area (Å²) in [6.07, 6.45) is 0. The van der Waals surface area contributed by atoms with Crippen LogP contribution in [0, 0.1) is 0 Å². The number of hydrogen-bond acceptors (Lipinski definition) is 2. The predicted molar refractivity (Wildman–Crippen MR) is 110 cm³/mol. The van der Waals surface area contributed by atoms with Crippen LogP contribution >= 0.6 is 0 Å². The van der Waals surface area contributed by atoms with E-state index in [1.807, 2.05) is 66.7 Å². The van der Waals surface area contributed by atoms with E-state index in [-0.39, 0.29) is 5.92 Å². The van der Waals surface area contributed by atoms with Crippen LogP contribution in [-0.4, -0.2) is 10.9 Å². The molecular formula is C24H20N2O. The van der Waals surface area contributed by atoms with Crippen LogP contribution in [0.25, 0.3) is 22.0 Å². The van der Waals surface area contributed by atoms with E-state index < -0.39 is 5.91 Å². The predicted octanol–water partition coefficient (Wildman–Crippen LogP) is 5.15. The number of rotatable bonds is 4. The second-order valence-electron chi connectivity index (χ2n) is 6.63. The minimum atomic E-state index is -0.513. The fraction of sp³-hybridized carbons (Fsp3) is 0.0833. The van der Waals surface area contributed by atoms with Crippen LogP contribution in [0.3, 0.4) is 0 Å². The van der Waals surface area contributed by atoms with Gasteiger partial charge in [-0.2, -0.15) is 0 Å². The number of aromatic nitrogens is 1. The Hall–Kier alpha value is -3.46. The van der Waals surface area contributed by atoms with Gasteiger partial charge in [0.05, 0.1) is 5.52 Å². The highest BCUT2D eigenvalue weighted by Crippen LogP contribution is 2.39. The summed E-state index contributed by atoms with van der Waals surface area (Å²) in [7, 11) is 0. The highest BCUT2D eigenvalue weighted by Gasteiger charge is 2.23. The molecule has 0 spiro atoms. The average molecular weight is 352 g/mol. The Morgan fingerprint density at radius 2 is 1.44 bits per heavy atom. The molecule has 0 saturated heterocycles. The summed E-state index contributed by atoms with van der Waals surface area (Å²) >= 11 is 0. The lowest BCUT2D eigenvalue weighted by atomic mass is 9.84. The number of nitrogens with zero attached hydrogens (tertiary/aromatic N) is 1. The Bertz CT molecular complexity index is 1110. The second-order valence-corrected chi connectivity index (χ2v) is 6.63. The number of primary amides is 1. The van der Waals surface area contributed by atoms with Gasteiger partial charge in [-0.15, -0.1) is 0 Å². The number of amides is 1. The van der Waals surface area contributed by atoms with Gasteiger partial charge in [0.25, 0.3) is 5.91 Å². The fourth-order valence-corrected chi connectivity index (χ4v) is 3.67. The van der Waals surface area contributed by atoms with E-state index in [1.165, 1.54) is 5.56 Å². The summed E-state index contributed by atoms with van der Waals surface area (Å²) in [5.41, 5.74) is 10.9. The van der Waals surface area contributed by atoms with Gasteiger partial charge in [0, 0.05) is 16.9 Å². The zero-order chi connectivity index (χ0) is 18.8. The van der Waals surface area contributed by atoms with Crippen molar-refractivity contribution in [1.29, 1.82) is 0 Å². The summed E-state index contributed by atoms with van der Waals surface area (Å²) in [4.78, 5) is 16.9. The zero-order valence-electron chi connectivity index (χ0n) is 15.1. The molecule has 4 aromatic rings. The van der Waals surface area contributed by atoms with E-state index in [9.17, 15) is 4.79 Å². The van der Waals surface area contributed by atoms with Crippen molar-refractivity contribution in [2.75, 3.05) is 0 Å². The second kappa shape index (κ2) is 7.04. The SMILES string of the molecule is CC(c1ccccc1)c1c(-c2ccccc2)c(C(N)=O)nc2ccccc12. The first-order valence-corrected chi connectivity index (χ1v) is 8.99. The van der Waals surface area contributed by atoms with Crippen LogP contribution in [0.5, 0.6) is 0 Å². The zero-order valence-corrected chi connectivity index (χ0v) is 15.1. The largest absolute Gasteiger partial charge is 0.364 e. The molecule has 27 heavy (non-hydrogen) atoms. The summed E-state index contributed by atoms with van der Waals surface area (Å²) in [5, 5.41) is 1.04. The van der Waals surface area contributed by atoms with Gasteiger partial charge >= 0.3 is 0 Å². The Labute approximate surface area is 158 Å². The molecule has 1 aromatic heterocycles.